The number of methoxy groups -OCH3 is 1. The van der Waals surface area contributed by atoms with Crippen LogP contribution in [-0.2, 0) is 35.7 Å². The van der Waals surface area contributed by atoms with E-state index in [1.54, 1.807) is 43.5 Å². The van der Waals surface area contributed by atoms with E-state index < -0.39 is 47.2 Å². The number of nitrogens with one attached hydrogen (secondary N) is 1. The molecular formula is C32H35NO9. The van der Waals surface area contributed by atoms with Gasteiger partial charge in [-0.05, 0) is 56.2 Å². The average Bonchev–Trinajstić information content (AvgIpc) is 3.32. The lowest BCUT2D eigenvalue weighted by Crippen LogP contribution is -2.67. The predicted molar refractivity (Wildman–Crippen MR) is 148 cm³/mol. The van der Waals surface area contributed by atoms with E-state index in [0.717, 1.165) is 30.4 Å². The highest BCUT2D eigenvalue weighted by atomic mass is 16.6. The largest absolute Gasteiger partial charge is 0.493 e. The van der Waals surface area contributed by atoms with Gasteiger partial charge in [0.2, 0.25) is 12.0 Å². The van der Waals surface area contributed by atoms with Crippen molar-refractivity contribution in [1.29, 1.82) is 0 Å². The highest BCUT2D eigenvalue weighted by Gasteiger charge is 2.71. The summed E-state index contributed by atoms with van der Waals surface area (Å²) >= 11 is 0. The fraction of sp³-hybridized carbons (Fsp3) is 0.469. The van der Waals surface area contributed by atoms with Crippen molar-refractivity contribution in [2.75, 3.05) is 13.7 Å². The Morgan fingerprint density at radius 1 is 1.17 bits per heavy atom. The summed E-state index contributed by atoms with van der Waals surface area (Å²) in [6, 6.07) is 12.5. The van der Waals surface area contributed by atoms with Crippen molar-refractivity contribution < 1.29 is 43.5 Å². The summed E-state index contributed by atoms with van der Waals surface area (Å²) in [7, 11) is 1.57. The van der Waals surface area contributed by atoms with Crippen molar-refractivity contribution >= 4 is 17.8 Å². The fourth-order valence-electron chi connectivity index (χ4n) is 7.36. The van der Waals surface area contributed by atoms with Crippen LogP contribution in [0.15, 0.2) is 54.3 Å². The minimum Gasteiger partial charge on any atom is -0.493 e. The Balaban J connectivity index is 1.28. The zero-order valence-electron chi connectivity index (χ0n) is 23.6. The topological polar surface area (TPSA) is 141 Å². The van der Waals surface area contributed by atoms with Crippen LogP contribution in [0.4, 0.5) is 0 Å². The monoisotopic (exact) mass is 577 g/mol. The number of hydrogen-bond donors (Lipinski definition) is 3. The average molecular weight is 578 g/mol. The molecule has 6 rings (SSSR count). The van der Waals surface area contributed by atoms with Gasteiger partial charge in [-0.1, -0.05) is 42.8 Å². The molecule has 3 aliphatic carbocycles. The third kappa shape index (κ3) is 4.35. The van der Waals surface area contributed by atoms with Gasteiger partial charge in [0.1, 0.15) is 11.9 Å². The highest BCUT2D eigenvalue weighted by molar-refractivity contribution is 5.83. The number of amides is 1. The number of carbonyl (C=O) groups excluding carboxylic acids is 3. The lowest BCUT2D eigenvalue weighted by atomic mass is 9.47. The van der Waals surface area contributed by atoms with E-state index in [2.05, 4.69) is 5.32 Å². The van der Waals surface area contributed by atoms with Crippen molar-refractivity contribution in [2.45, 2.75) is 74.8 Å². The maximum absolute atomic E-state index is 13.7. The molecule has 0 aromatic heterocycles. The van der Waals surface area contributed by atoms with Crippen LogP contribution in [0.5, 0.6) is 11.5 Å². The van der Waals surface area contributed by atoms with Gasteiger partial charge in [-0.15, -0.1) is 0 Å². The van der Waals surface area contributed by atoms with Gasteiger partial charge in [0, 0.05) is 17.7 Å². The van der Waals surface area contributed by atoms with Crippen molar-refractivity contribution in [3.05, 3.63) is 71.0 Å². The van der Waals surface area contributed by atoms with Crippen LogP contribution in [0.25, 0.3) is 0 Å². The number of benzene rings is 2. The molecule has 0 saturated heterocycles. The summed E-state index contributed by atoms with van der Waals surface area (Å²) in [5.41, 5.74) is 0.632. The number of aliphatic hydroxyl groups is 2. The molecule has 1 saturated carbocycles. The van der Waals surface area contributed by atoms with Crippen molar-refractivity contribution in [3.8, 4) is 11.5 Å². The molecule has 10 heteroatoms. The second-order valence-electron chi connectivity index (χ2n) is 11.5. The highest BCUT2D eigenvalue weighted by Crippen LogP contribution is 2.67. The summed E-state index contributed by atoms with van der Waals surface area (Å²) in [5, 5.41) is 24.0. The van der Waals surface area contributed by atoms with E-state index in [4.69, 9.17) is 18.9 Å². The molecule has 222 valence electrons. The van der Waals surface area contributed by atoms with E-state index in [1.165, 1.54) is 6.92 Å². The maximum atomic E-state index is 13.7. The Morgan fingerprint density at radius 2 is 1.95 bits per heavy atom. The van der Waals surface area contributed by atoms with Crippen LogP contribution in [0, 0.1) is 5.92 Å². The molecule has 1 spiro atoms. The third-order valence-electron chi connectivity index (χ3n) is 9.26. The first kappa shape index (κ1) is 28.2. The van der Waals surface area contributed by atoms with Gasteiger partial charge in [-0.25, -0.2) is 4.79 Å². The molecule has 4 aliphatic rings. The standard InChI is InChI=1S/C32H35NO9/c1-18(34)29(36)33-16-13-24(35)41-26(19-7-4-3-5-8-19)30(37)40-23-12-15-32(38)21-9-6-14-31(32)25-20(17-21)10-11-22(39-2)27(25)42-28(23)31/h3-5,7-8,10-12,18,21,26,28,34,38H,6,9,13-17H2,1-2H3,(H,33,36)/t18-,21+,26-,28-,31-,32+/m0/s1. The second-order valence-corrected chi connectivity index (χ2v) is 11.5. The first-order valence-corrected chi connectivity index (χ1v) is 14.4. The lowest BCUT2D eigenvalue weighted by Gasteiger charge is -2.59. The SMILES string of the molecule is COc1ccc2c3c1O[C@H]1C(OC(=O)[C@@H](OC(=O)CCNC(=O)[C@H](C)O)c4ccccc4)=CC[C@@]4(O)[C@H](CCC[C@]314)C2. The van der Waals surface area contributed by atoms with E-state index >= 15 is 0 Å². The van der Waals surface area contributed by atoms with E-state index in [0.29, 0.717) is 29.9 Å². The Bertz CT molecular complexity index is 1440. The number of esters is 2. The molecule has 0 radical (unpaired) electrons. The molecule has 42 heavy (non-hydrogen) atoms. The van der Waals surface area contributed by atoms with Crippen molar-refractivity contribution in [1.82, 2.24) is 5.32 Å². The van der Waals surface area contributed by atoms with Gasteiger partial charge in [0.15, 0.2) is 17.6 Å². The van der Waals surface area contributed by atoms with Gasteiger partial charge >= 0.3 is 11.9 Å². The van der Waals surface area contributed by atoms with Gasteiger partial charge in [0.25, 0.3) is 0 Å². The van der Waals surface area contributed by atoms with Crippen LogP contribution < -0.4 is 14.8 Å². The predicted octanol–water partition coefficient (Wildman–Crippen LogP) is 2.78. The lowest BCUT2D eigenvalue weighted by molar-refractivity contribution is -0.172. The molecule has 1 aliphatic heterocycles. The summed E-state index contributed by atoms with van der Waals surface area (Å²) < 4.78 is 23.8. The van der Waals surface area contributed by atoms with Gasteiger partial charge in [-0.3, -0.25) is 9.59 Å². The molecule has 0 unspecified atom stereocenters. The fourth-order valence-corrected chi connectivity index (χ4v) is 7.36. The van der Waals surface area contributed by atoms with Crippen LogP contribution >= 0.6 is 0 Å². The van der Waals surface area contributed by atoms with Crippen molar-refractivity contribution in [2.24, 2.45) is 5.92 Å². The Morgan fingerprint density at radius 3 is 2.69 bits per heavy atom. The first-order chi connectivity index (χ1) is 20.2. The van der Waals surface area contributed by atoms with E-state index in [1.807, 2.05) is 12.1 Å². The van der Waals surface area contributed by atoms with Crippen molar-refractivity contribution in [3.63, 3.8) is 0 Å². The van der Waals surface area contributed by atoms with Gasteiger partial charge in [0.05, 0.1) is 24.5 Å². The number of rotatable bonds is 9. The van der Waals surface area contributed by atoms with Crippen LogP contribution in [0.3, 0.4) is 0 Å². The third-order valence-corrected chi connectivity index (χ3v) is 9.26. The molecule has 6 atom stereocenters. The Kier molecular flexibility index (Phi) is 7.22. The molecule has 2 aromatic carbocycles. The van der Waals surface area contributed by atoms with Crippen LogP contribution in [0.2, 0.25) is 0 Å². The molecule has 1 fully saturated rings. The van der Waals surface area contributed by atoms with Gasteiger partial charge < -0.3 is 34.5 Å². The number of aliphatic hydroxyl groups excluding tert-OH is 1. The molecular weight excluding hydrogens is 542 g/mol. The van der Waals surface area contributed by atoms with Gasteiger partial charge in [-0.2, -0.15) is 0 Å². The molecule has 3 N–H and O–H groups in total. The quantitative estimate of drug-likeness (QED) is 0.384. The Hall–Kier alpha value is -3.89. The molecule has 1 amide bonds. The first-order valence-electron chi connectivity index (χ1n) is 14.4. The minimum absolute atomic E-state index is 0.0463. The Labute approximate surface area is 243 Å². The molecule has 2 bridgehead atoms. The maximum Gasteiger partial charge on any atom is 0.357 e. The van der Waals surface area contributed by atoms with E-state index in [9.17, 15) is 24.6 Å². The second kappa shape index (κ2) is 10.7. The van der Waals surface area contributed by atoms with Crippen LogP contribution in [-0.4, -0.2) is 59.5 Å². The summed E-state index contributed by atoms with van der Waals surface area (Å²) in [6.07, 6.45) is 1.71. The minimum atomic E-state index is -1.37. The van der Waals surface area contributed by atoms with Crippen LogP contribution in [0.1, 0.15) is 61.8 Å². The summed E-state index contributed by atoms with van der Waals surface area (Å²) in [4.78, 5) is 38.1. The normalized spacial score (nSPS) is 27.9. The number of ether oxygens (including phenoxy) is 4. The molecule has 2 aromatic rings. The summed E-state index contributed by atoms with van der Waals surface area (Å²) in [6.45, 7) is 1.25. The summed E-state index contributed by atoms with van der Waals surface area (Å²) in [5.74, 6) is -0.677. The number of carbonyl (C=O) groups is 3. The number of hydrogen-bond acceptors (Lipinski definition) is 9. The molecule has 1 heterocycles. The van der Waals surface area contributed by atoms with E-state index in [-0.39, 0.29) is 24.6 Å². The molecule has 10 nitrogen and oxygen atoms in total. The smallest absolute Gasteiger partial charge is 0.357 e. The zero-order valence-corrected chi connectivity index (χ0v) is 23.6. The zero-order chi connectivity index (χ0) is 29.6.